The molecule has 0 saturated carbocycles. The van der Waals surface area contributed by atoms with Crippen molar-refractivity contribution in [3.63, 3.8) is 0 Å². The molecule has 96 valence electrons. The van der Waals surface area contributed by atoms with E-state index in [1.54, 1.807) is 0 Å². The van der Waals surface area contributed by atoms with Crippen molar-refractivity contribution in [3.05, 3.63) is 63.6 Å². The molecule has 1 N–H and O–H groups in total. The van der Waals surface area contributed by atoms with Crippen molar-refractivity contribution in [2.45, 2.75) is 13.5 Å². The SMILES string of the molecule is Cc1nc2ccccn2c1CNc1ccccc1I. The Bertz CT molecular complexity index is 718. The molecule has 3 aromatic rings. The molecule has 3 rings (SSSR count). The quantitative estimate of drug-likeness (QED) is 0.716. The Morgan fingerprint density at radius 2 is 1.95 bits per heavy atom. The van der Waals surface area contributed by atoms with E-state index < -0.39 is 0 Å². The average Bonchev–Trinajstić information content (AvgIpc) is 2.74. The van der Waals surface area contributed by atoms with Crippen LogP contribution in [0.5, 0.6) is 0 Å². The highest BCUT2D eigenvalue weighted by molar-refractivity contribution is 14.1. The van der Waals surface area contributed by atoms with E-state index >= 15 is 0 Å². The molecule has 0 radical (unpaired) electrons. The number of pyridine rings is 1. The van der Waals surface area contributed by atoms with Crippen molar-refractivity contribution in [3.8, 4) is 0 Å². The van der Waals surface area contributed by atoms with Gasteiger partial charge in [0.2, 0.25) is 0 Å². The normalized spacial score (nSPS) is 10.8. The predicted molar refractivity (Wildman–Crippen MR) is 86.4 cm³/mol. The molecular formula is C15H14IN3. The third kappa shape index (κ3) is 2.45. The van der Waals surface area contributed by atoms with Gasteiger partial charge < -0.3 is 9.72 Å². The average molecular weight is 363 g/mol. The molecular weight excluding hydrogens is 349 g/mol. The zero-order valence-corrected chi connectivity index (χ0v) is 12.8. The molecule has 4 heteroatoms. The molecule has 0 aliphatic heterocycles. The fourth-order valence-electron chi connectivity index (χ4n) is 2.16. The van der Waals surface area contributed by atoms with Crippen molar-refractivity contribution in [2.75, 3.05) is 5.32 Å². The van der Waals surface area contributed by atoms with Gasteiger partial charge in [-0.05, 0) is 53.8 Å². The Morgan fingerprint density at radius 1 is 1.16 bits per heavy atom. The zero-order chi connectivity index (χ0) is 13.2. The molecule has 0 saturated heterocycles. The number of aryl methyl sites for hydroxylation is 1. The number of imidazole rings is 1. The maximum Gasteiger partial charge on any atom is 0.137 e. The van der Waals surface area contributed by atoms with Crippen LogP contribution < -0.4 is 5.32 Å². The third-order valence-corrected chi connectivity index (χ3v) is 4.09. The Labute approximate surface area is 125 Å². The minimum absolute atomic E-state index is 0.775. The smallest absolute Gasteiger partial charge is 0.137 e. The molecule has 0 amide bonds. The van der Waals surface area contributed by atoms with E-state index in [1.807, 2.05) is 30.3 Å². The van der Waals surface area contributed by atoms with Gasteiger partial charge in [0, 0.05) is 15.5 Å². The summed E-state index contributed by atoms with van der Waals surface area (Å²) in [4.78, 5) is 4.57. The van der Waals surface area contributed by atoms with Gasteiger partial charge in [0.15, 0.2) is 0 Å². The monoisotopic (exact) mass is 363 g/mol. The number of para-hydroxylation sites is 1. The first-order valence-electron chi connectivity index (χ1n) is 6.16. The number of fused-ring (bicyclic) bond motifs is 1. The van der Waals surface area contributed by atoms with Crippen LogP contribution in [-0.2, 0) is 6.54 Å². The topological polar surface area (TPSA) is 29.3 Å². The van der Waals surface area contributed by atoms with E-state index in [0.717, 1.165) is 23.6 Å². The fourth-order valence-corrected chi connectivity index (χ4v) is 2.74. The number of nitrogens with one attached hydrogen (secondary N) is 1. The van der Waals surface area contributed by atoms with Crippen LogP contribution in [0, 0.1) is 10.5 Å². The van der Waals surface area contributed by atoms with Gasteiger partial charge in [-0.3, -0.25) is 0 Å². The number of benzene rings is 1. The van der Waals surface area contributed by atoms with Gasteiger partial charge in [-0.15, -0.1) is 0 Å². The molecule has 0 fully saturated rings. The highest BCUT2D eigenvalue weighted by atomic mass is 127. The van der Waals surface area contributed by atoms with Crippen LogP contribution in [0.1, 0.15) is 11.4 Å². The lowest BCUT2D eigenvalue weighted by Gasteiger charge is -2.09. The van der Waals surface area contributed by atoms with Crippen LogP contribution in [0.4, 0.5) is 5.69 Å². The first-order chi connectivity index (χ1) is 9.25. The molecule has 0 unspecified atom stereocenters. The number of aromatic nitrogens is 2. The van der Waals surface area contributed by atoms with Crippen LogP contribution in [0.2, 0.25) is 0 Å². The number of nitrogens with zero attached hydrogens (tertiary/aromatic N) is 2. The first kappa shape index (κ1) is 12.5. The minimum atomic E-state index is 0.775. The van der Waals surface area contributed by atoms with Gasteiger partial charge in [-0.1, -0.05) is 18.2 Å². The summed E-state index contributed by atoms with van der Waals surface area (Å²) in [7, 11) is 0. The second-order valence-electron chi connectivity index (χ2n) is 4.41. The Morgan fingerprint density at radius 3 is 2.79 bits per heavy atom. The Balaban J connectivity index is 1.90. The highest BCUT2D eigenvalue weighted by Gasteiger charge is 2.08. The standard InChI is InChI=1S/C15H14IN3/c1-11-14(19-9-5-4-8-15(19)18-11)10-17-13-7-3-2-6-12(13)16/h2-9,17H,10H2,1H3. The Hall–Kier alpha value is -1.56. The second kappa shape index (κ2) is 5.21. The molecule has 0 atom stereocenters. The first-order valence-corrected chi connectivity index (χ1v) is 7.24. The second-order valence-corrected chi connectivity index (χ2v) is 5.57. The van der Waals surface area contributed by atoms with Gasteiger partial charge >= 0.3 is 0 Å². The number of halogens is 1. The molecule has 0 aliphatic rings. The van der Waals surface area contributed by atoms with E-state index in [1.165, 1.54) is 9.26 Å². The summed E-state index contributed by atoms with van der Waals surface area (Å²) in [6, 6.07) is 14.4. The van der Waals surface area contributed by atoms with Crippen molar-refractivity contribution < 1.29 is 0 Å². The number of hydrogen-bond donors (Lipinski definition) is 1. The molecule has 2 heterocycles. The molecule has 0 spiro atoms. The molecule has 19 heavy (non-hydrogen) atoms. The maximum atomic E-state index is 4.57. The minimum Gasteiger partial charge on any atom is -0.379 e. The largest absolute Gasteiger partial charge is 0.379 e. The summed E-state index contributed by atoms with van der Waals surface area (Å²) < 4.78 is 3.37. The number of anilines is 1. The lowest BCUT2D eigenvalue weighted by Crippen LogP contribution is -2.05. The van der Waals surface area contributed by atoms with Gasteiger partial charge in [-0.2, -0.15) is 0 Å². The molecule has 1 aromatic carbocycles. The van der Waals surface area contributed by atoms with E-state index in [9.17, 15) is 0 Å². The molecule has 0 bridgehead atoms. The van der Waals surface area contributed by atoms with Crippen LogP contribution in [0.25, 0.3) is 5.65 Å². The summed E-state index contributed by atoms with van der Waals surface area (Å²) in [5, 5.41) is 3.48. The maximum absolute atomic E-state index is 4.57. The molecule has 0 aliphatic carbocycles. The molecule has 3 nitrogen and oxygen atoms in total. The van der Waals surface area contributed by atoms with Gasteiger partial charge in [0.05, 0.1) is 17.9 Å². The van der Waals surface area contributed by atoms with Crippen LogP contribution in [0.3, 0.4) is 0 Å². The summed E-state index contributed by atoms with van der Waals surface area (Å²) in [5.74, 6) is 0. The lowest BCUT2D eigenvalue weighted by atomic mass is 10.3. The van der Waals surface area contributed by atoms with Crippen LogP contribution in [-0.4, -0.2) is 9.38 Å². The Kier molecular flexibility index (Phi) is 3.42. The lowest BCUT2D eigenvalue weighted by molar-refractivity contribution is 0.986. The zero-order valence-electron chi connectivity index (χ0n) is 10.6. The van der Waals surface area contributed by atoms with Gasteiger partial charge in [-0.25, -0.2) is 4.98 Å². The van der Waals surface area contributed by atoms with E-state index in [0.29, 0.717) is 0 Å². The van der Waals surface area contributed by atoms with Gasteiger partial charge in [0.1, 0.15) is 5.65 Å². The van der Waals surface area contributed by atoms with Crippen LogP contribution in [0.15, 0.2) is 48.7 Å². The predicted octanol–water partition coefficient (Wildman–Crippen LogP) is 3.86. The third-order valence-electron chi connectivity index (χ3n) is 3.15. The van der Waals surface area contributed by atoms with Gasteiger partial charge in [0.25, 0.3) is 0 Å². The summed E-state index contributed by atoms with van der Waals surface area (Å²) in [6.45, 7) is 2.83. The van der Waals surface area contributed by atoms with Crippen molar-refractivity contribution in [1.29, 1.82) is 0 Å². The van der Waals surface area contributed by atoms with E-state index in [2.05, 4.69) is 62.5 Å². The highest BCUT2D eigenvalue weighted by Crippen LogP contribution is 2.19. The van der Waals surface area contributed by atoms with Crippen molar-refractivity contribution in [2.24, 2.45) is 0 Å². The number of hydrogen-bond acceptors (Lipinski definition) is 2. The summed E-state index contributed by atoms with van der Waals surface area (Å²) in [6.07, 6.45) is 2.06. The van der Waals surface area contributed by atoms with Crippen LogP contribution >= 0.6 is 22.6 Å². The van der Waals surface area contributed by atoms with Crippen molar-refractivity contribution >= 4 is 33.9 Å². The molecule has 2 aromatic heterocycles. The number of rotatable bonds is 3. The fraction of sp³-hybridized carbons (Fsp3) is 0.133. The van der Waals surface area contributed by atoms with E-state index in [4.69, 9.17) is 0 Å². The summed E-state index contributed by atoms with van der Waals surface area (Å²) in [5.41, 5.74) is 4.44. The van der Waals surface area contributed by atoms with Crippen molar-refractivity contribution in [1.82, 2.24) is 9.38 Å². The summed E-state index contributed by atoms with van der Waals surface area (Å²) >= 11 is 2.34. The van der Waals surface area contributed by atoms with E-state index in [-0.39, 0.29) is 0 Å².